The third-order valence-electron chi connectivity index (χ3n) is 4.06. The van der Waals surface area contributed by atoms with E-state index in [4.69, 9.17) is 4.42 Å². The molecule has 0 fully saturated rings. The lowest BCUT2D eigenvalue weighted by molar-refractivity contribution is -0.117. The summed E-state index contributed by atoms with van der Waals surface area (Å²) >= 11 is 4.40. The minimum atomic E-state index is -0.324. The topological polar surface area (TPSA) is 113 Å². The Kier molecular flexibility index (Phi) is 6.23. The molecule has 29 heavy (non-hydrogen) atoms. The Balaban J connectivity index is 1.31. The van der Waals surface area contributed by atoms with Gasteiger partial charge in [-0.3, -0.25) is 25.1 Å². The number of carbonyl (C=O) groups excluding carboxylic acids is 2. The van der Waals surface area contributed by atoms with Gasteiger partial charge in [0.2, 0.25) is 11.0 Å². The minimum Gasteiger partial charge on any atom is -0.459 e. The summed E-state index contributed by atoms with van der Waals surface area (Å²) in [6.07, 6.45) is 2.18. The van der Waals surface area contributed by atoms with E-state index < -0.39 is 0 Å². The molecule has 0 saturated carbocycles. The number of nitrogens with one attached hydrogen (secondary N) is 2. The van der Waals surface area contributed by atoms with E-state index in [2.05, 4.69) is 30.7 Å². The van der Waals surface area contributed by atoms with E-state index in [0.29, 0.717) is 16.8 Å². The number of thioether (sulfide) groups is 1. The van der Waals surface area contributed by atoms with Gasteiger partial charge in [-0.1, -0.05) is 30.0 Å². The molecule has 4 heterocycles. The molecule has 0 bridgehead atoms. The van der Waals surface area contributed by atoms with Crippen LogP contribution in [0.2, 0.25) is 0 Å². The molecule has 2 amide bonds. The van der Waals surface area contributed by atoms with Gasteiger partial charge in [0.05, 0.1) is 18.5 Å². The molecule has 1 aliphatic heterocycles. The smallest absolute Gasteiger partial charge is 0.293 e. The summed E-state index contributed by atoms with van der Waals surface area (Å²) in [6, 6.07) is 3.26. The highest BCUT2D eigenvalue weighted by atomic mass is 32.2. The van der Waals surface area contributed by atoms with Crippen molar-refractivity contribution < 1.29 is 14.0 Å². The number of fused-ring (bicyclic) bond motifs is 1. The van der Waals surface area contributed by atoms with Crippen molar-refractivity contribution in [2.24, 2.45) is 0 Å². The predicted octanol–water partition coefficient (Wildman–Crippen LogP) is 2.95. The molecule has 1 aliphatic rings. The fourth-order valence-electron chi connectivity index (χ4n) is 2.81. The van der Waals surface area contributed by atoms with Crippen LogP contribution in [-0.4, -0.2) is 50.7 Å². The van der Waals surface area contributed by atoms with Crippen LogP contribution in [0.3, 0.4) is 0 Å². The SMILES string of the molecule is CCSc1nnc(NC(=O)CN2CCc3nc(NC(=O)c4ccco4)sc3C2)s1. The van der Waals surface area contributed by atoms with Gasteiger partial charge in [0.25, 0.3) is 5.91 Å². The molecule has 152 valence electrons. The summed E-state index contributed by atoms with van der Waals surface area (Å²) in [7, 11) is 0. The van der Waals surface area contributed by atoms with Gasteiger partial charge in [-0.2, -0.15) is 0 Å². The molecule has 3 aromatic heterocycles. The molecule has 4 rings (SSSR count). The number of aromatic nitrogens is 3. The summed E-state index contributed by atoms with van der Waals surface area (Å²) in [5.41, 5.74) is 0.965. The first kappa shape index (κ1) is 20.0. The van der Waals surface area contributed by atoms with Crippen molar-refractivity contribution in [2.45, 2.75) is 24.2 Å². The number of carbonyl (C=O) groups is 2. The Hall–Kier alpha value is -2.28. The number of hydrogen-bond acceptors (Lipinski definition) is 10. The van der Waals surface area contributed by atoms with Crippen LogP contribution >= 0.6 is 34.4 Å². The second kappa shape index (κ2) is 9.03. The first-order valence-electron chi connectivity index (χ1n) is 8.92. The average molecular weight is 451 g/mol. The zero-order valence-corrected chi connectivity index (χ0v) is 18.0. The largest absolute Gasteiger partial charge is 0.459 e. The van der Waals surface area contributed by atoms with Crippen molar-refractivity contribution in [2.75, 3.05) is 29.5 Å². The summed E-state index contributed by atoms with van der Waals surface area (Å²) in [6.45, 7) is 3.65. The maximum atomic E-state index is 12.3. The minimum absolute atomic E-state index is 0.117. The van der Waals surface area contributed by atoms with Crippen LogP contribution in [0.25, 0.3) is 0 Å². The number of rotatable bonds is 7. The third kappa shape index (κ3) is 5.01. The molecule has 9 nitrogen and oxygen atoms in total. The van der Waals surface area contributed by atoms with Crippen molar-refractivity contribution in [3.05, 3.63) is 34.7 Å². The van der Waals surface area contributed by atoms with E-state index >= 15 is 0 Å². The molecule has 12 heteroatoms. The van der Waals surface area contributed by atoms with Gasteiger partial charge in [-0.05, 0) is 17.9 Å². The molecule has 0 aromatic carbocycles. The second-order valence-corrected chi connectivity index (χ2v) is 9.71. The van der Waals surface area contributed by atoms with Crippen molar-refractivity contribution in [1.82, 2.24) is 20.1 Å². The van der Waals surface area contributed by atoms with E-state index in [9.17, 15) is 9.59 Å². The zero-order chi connectivity index (χ0) is 20.2. The quantitative estimate of drug-likeness (QED) is 0.417. The normalized spacial score (nSPS) is 13.8. The van der Waals surface area contributed by atoms with Crippen LogP contribution in [0.4, 0.5) is 10.3 Å². The van der Waals surface area contributed by atoms with E-state index in [-0.39, 0.29) is 24.1 Å². The molecule has 0 atom stereocenters. The van der Waals surface area contributed by atoms with Gasteiger partial charge >= 0.3 is 0 Å². The fourth-order valence-corrected chi connectivity index (χ4v) is 5.52. The number of amides is 2. The molecular weight excluding hydrogens is 432 g/mol. The second-order valence-electron chi connectivity index (χ2n) is 6.14. The lowest BCUT2D eigenvalue weighted by Crippen LogP contribution is -2.36. The van der Waals surface area contributed by atoms with Crippen LogP contribution in [-0.2, 0) is 17.8 Å². The first-order valence-corrected chi connectivity index (χ1v) is 11.5. The van der Waals surface area contributed by atoms with Gasteiger partial charge in [0.1, 0.15) is 0 Å². The maximum absolute atomic E-state index is 12.3. The van der Waals surface area contributed by atoms with Crippen LogP contribution in [0.15, 0.2) is 27.2 Å². The summed E-state index contributed by atoms with van der Waals surface area (Å²) < 4.78 is 5.94. The van der Waals surface area contributed by atoms with Crippen molar-refractivity contribution in [3.63, 3.8) is 0 Å². The monoisotopic (exact) mass is 450 g/mol. The molecule has 0 radical (unpaired) electrons. The van der Waals surface area contributed by atoms with Crippen LogP contribution in [0.1, 0.15) is 28.0 Å². The Morgan fingerprint density at radius 2 is 2.17 bits per heavy atom. The highest BCUT2D eigenvalue weighted by molar-refractivity contribution is 8.01. The zero-order valence-electron chi connectivity index (χ0n) is 15.5. The Bertz CT molecular complexity index is 1000. The van der Waals surface area contributed by atoms with Crippen molar-refractivity contribution in [1.29, 1.82) is 0 Å². The lowest BCUT2D eigenvalue weighted by atomic mass is 10.2. The van der Waals surface area contributed by atoms with Crippen LogP contribution in [0.5, 0.6) is 0 Å². The van der Waals surface area contributed by atoms with E-state index in [1.807, 2.05) is 6.92 Å². The first-order chi connectivity index (χ1) is 14.1. The van der Waals surface area contributed by atoms with Gasteiger partial charge in [-0.15, -0.1) is 21.5 Å². The Labute approximate surface area is 178 Å². The standard InChI is InChI=1S/C17H18N6O3S3/c1-2-27-17-22-21-16(29-17)19-13(24)9-23-6-5-10-12(8-23)28-15(18-10)20-14(25)11-4-3-7-26-11/h3-4,7H,2,5-6,8-9H2,1H3,(H,18,20,25)(H,19,21,24). The average Bonchev–Trinajstić information content (AvgIpc) is 3.42. The van der Waals surface area contributed by atoms with Gasteiger partial charge in [0.15, 0.2) is 15.2 Å². The fraction of sp³-hybridized carbons (Fsp3) is 0.353. The highest BCUT2D eigenvalue weighted by Crippen LogP contribution is 2.29. The summed E-state index contributed by atoms with van der Waals surface area (Å²) in [4.78, 5) is 32.0. The van der Waals surface area contributed by atoms with Crippen molar-refractivity contribution >= 4 is 56.5 Å². The van der Waals surface area contributed by atoms with Gasteiger partial charge < -0.3 is 4.42 Å². The highest BCUT2D eigenvalue weighted by Gasteiger charge is 2.23. The number of hydrogen-bond donors (Lipinski definition) is 2. The number of nitrogens with zero attached hydrogens (tertiary/aromatic N) is 4. The summed E-state index contributed by atoms with van der Waals surface area (Å²) in [5, 5.41) is 14.7. The number of furan rings is 1. The maximum Gasteiger partial charge on any atom is 0.293 e. The van der Waals surface area contributed by atoms with E-state index in [1.165, 1.54) is 28.9 Å². The summed E-state index contributed by atoms with van der Waals surface area (Å²) in [5.74, 6) is 0.717. The Morgan fingerprint density at radius 1 is 1.28 bits per heavy atom. The molecule has 0 saturated heterocycles. The molecule has 2 N–H and O–H groups in total. The third-order valence-corrected chi connectivity index (χ3v) is 6.92. The van der Waals surface area contributed by atoms with Crippen LogP contribution < -0.4 is 10.6 Å². The molecule has 0 spiro atoms. The Morgan fingerprint density at radius 3 is 2.97 bits per heavy atom. The van der Waals surface area contributed by atoms with Crippen LogP contribution in [0, 0.1) is 0 Å². The molecular formula is C17H18N6O3S3. The lowest BCUT2D eigenvalue weighted by Gasteiger charge is -2.24. The molecule has 3 aromatic rings. The van der Waals surface area contributed by atoms with Gasteiger partial charge in [0, 0.05) is 24.4 Å². The number of anilines is 2. The van der Waals surface area contributed by atoms with E-state index in [1.54, 1.807) is 23.9 Å². The molecule has 0 aliphatic carbocycles. The van der Waals surface area contributed by atoms with E-state index in [0.717, 1.165) is 33.6 Å². The van der Waals surface area contributed by atoms with Gasteiger partial charge in [-0.25, -0.2) is 4.98 Å². The predicted molar refractivity (Wildman–Crippen MR) is 113 cm³/mol. The van der Waals surface area contributed by atoms with Crippen molar-refractivity contribution in [3.8, 4) is 0 Å². The number of thiazole rings is 1. The molecule has 0 unspecified atom stereocenters.